The molecule has 0 aliphatic heterocycles. The Morgan fingerprint density at radius 2 is 0.942 bits per heavy atom. The third kappa shape index (κ3) is 4.44. The molecule has 6 aromatic rings. The molecule has 0 radical (unpaired) electrons. The number of hydrogen-bond acceptors (Lipinski definition) is 0. The Kier molecular flexibility index (Phi) is 7.35. The maximum Gasteiger partial charge on any atom is 0.0713 e. The van der Waals surface area contributed by atoms with Crippen molar-refractivity contribution in [3.8, 4) is 11.1 Å². The maximum atomic E-state index is 3.93. The minimum atomic E-state index is -0.293. The first-order chi connectivity index (χ1) is 25.6. The Morgan fingerprint density at radius 3 is 1.58 bits per heavy atom. The van der Waals surface area contributed by atoms with Crippen LogP contribution in [0.2, 0.25) is 0 Å². The zero-order valence-electron chi connectivity index (χ0n) is 28.2. The number of benzene rings is 6. The highest BCUT2D eigenvalue weighted by Crippen LogP contribution is 2.62. The molecule has 2 heteroatoms. The van der Waals surface area contributed by atoms with E-state index in [0.717, 1.165) is 4.47 Å². The van der Waals surface area contributed by atoms with Gasteiger partial charge in [0.2, 0.25) is 0 Å². The largest absolute Gasteiger partial charge is 0.0713 e. The van der Waals surface area contributed by atoms with Gasteiger partial charge in [-0.15, -0.1) is 0 Å². The predicted molar refractivity (Wildman–Crippen MR) is 225 cm³/mol. The van der Waals surface area contributed by atoms with Crippen molar-refractivity contribution in [2.24, 2.45) is 5.41 Å². The van der Waals surface area contributed by atoms with Crippen LogP contribution < -0.4 is 0 Å². The molecule has 246 valence electrons. The summed E-state index contributed by atoms with van der Waals surface area (Å²) in [6.45, 7) is 0. The van der Waals surface area contributed by atoms with Crippen LogP contribution in [0, 0.1) is 5.41 Å². The van der Waals surface area contributed by atoms with Gasteiger partial charge >= 0.3 is 0 Å². The third-order valence-electron chi connectivity index (χ3n) is 11.3. The second-order valence-electron chi connectivity index (χ2n) is 13.9. The lowest BCUT2D eigenvalue weighted by molar-refractivity contribution is 0.743. The molecule has 6 aromatic carbocycles. The van der Waals surface area contributed by atoms with Crippen molar-refractivity contribution >= 4 is 55.2 Å². The van der Waals surface area contributed by atoms with Crippen molar-refractivity contribution in [1.29, 1.82) is 0 Å². The average Bonchev–Trinajstić information content (AvgIpc) is 3.87. The summed E-state index contributed by atoms with van der Waals surface area (Å²) >= 11 is 7.63. The Labute approximate surface area is 321 Å². The van der Waals surface area contributed by atoms with Crippen LogP contribution in [0.5, 0.6) is 0 Å². The van der Waals surface area contributed by atoms with Gasteiger partial charge in [0.1, 0.15) is 0 Å². The first-order valence-corrected chi connectivity index (χ1v) is 19.3. The van der Waals surface area contributed by atoms with Crippen LogP contribution in [0.25, 0.3) is 34.4 Å². The number of allylic oxidation sites excluding steroid dienone is 10. The van der Waals surface area contributed by atoms with E-state index in [-0.39, 0.29) is 10.8 Å². The minimum Gasteiger partial charge on any atom is -0.0646 e. The molecule has 1 spiro atoms. The van der Waals surface area contributed by atoms with Gasteiger partial charge in [-0.05, 0) is 108 Å². The molecule has 0 saturated carbocycles. The van der Waals surface area contributed by atoms with Gasteiger partial charge in [0.05, 0.1) is 10.8 Å². The van der Waals surface area contributed by atoms with Crippen LogP contribution in [-0.4, -0.2) is 0 Å². The summed E-state index contributed by atoms with van der Waals surface area (Å²) in [5.74, 6) is 0. The molecular formula is C50H32Br2. The second kappa shape index (κ2) is 12.2. The van der Waals surface area contributed by atoms with Gasteiger partial charge < -0.3 is 0 Å². The topological polar surface area (TPSA) is 0 Å². The molecule has 0 heterocycles. The van der Waals surface area contributed by atoms with Crippen LogP contribution in [0.15, 0.2) is 202 Å². The molecule has 0 bridgehead atoms. The number of fused-ring (bicyclic) bond motifs is 11. The lowest BCUT2D eigenvalue weighted by atomic mass is 9.65. The van der Waals surface area contributed by atoms with Crippen molar-refractivity contribution in [1.82, 2.24) is 0 Å². The lowest BCUT2D eigenvalue weighted by Crippen LogP contribution is -2.28. The van der Waals surface area contributed by atoms with Gasteiger partial charge in [0.15, 0.2) is 0 Å². The summed E-state index contributed by atoms with van der Waals surface area (Å²) in [4.78, 5) is 0. The molecule has 1 unspecified atom stereocenters. The second-order valence-corrected chi connectivity index (χ2v) is 15.6. The minimum absolute atomic E-state index is 0.244. The highest BCUT2D eigenvalue weighted by molar-refractivity contribution is 9.11. The normalized spacial score (nSPS) is 18.9. The van der Waals surface area contributed by atoms with E-state index < -0.39 is 0 Å². The highest BCUT2D eigenvalue weighted by atomic mass is 79.9. The molecule has 0 amide bonds. The van der Waals surface area contributed by atoms with Crippen molar-refractivity contribution in [3.05, 3.63) is 247 Å². The van der Waals surface area contributed by atoms with E-state index in [2.05, 4.69) is 226 Å². The Balaban J connectivity index is 0.000000130. The third-order valence-corrected chi connectivity index (χ3v) is 12.7. The summed E-state index contributed by atoms with van der Waals surface area (Å²) in [5.41, 5.74) is 18.1. The van der Waals surface area contributed by atoms with Crippen LogP contribution >= 0.6 is 31.9 Å². The Bertz CT molecular complexity index is 2570. The summed E-state index contributed by atoms with van der Waals surface area (Å²) < 4.78 is 2.31. The van der Waals surface area contributed by atoms with Gasteiger partial charge in [-0.2, -0.15) is 0 Å². The van der Waals surface area contributed by atoms with E-state index in [0.29, 0.717) is 0 Å². The van der Waals surface area contributed by atoms with Crippen molar-refractivity contribution in [2.75, 3.05) is 0 Å². The molecule has 11 rings (SSSR count). The molecule has 52 heavy (non-hydrogen) atoms. The highest BCUT2D eigenvalue weighted by Gasteiger charge is 2.48. The summed E-state index contributed by atoms with van der Waals surface area (Å²) in [7, 11) is 0. The Morgan fingerprint density at radius 1 is 0.423 bits per heavy atom. The van der Waals surface area contributed by atoms with Gasteiger partial charge in [-0.1, -0.05) is 196 Å². The smallest absolute Gasteiger partial charge is 0.0646 e. The lowest BCUT2D eigenvalue weighted by Gasteiger charge is -2.39. The van der Waals surface area contributed by atoms with Gasteiger partial charge in [0, 0.05) is 8.96 Å². The molecule has 1 atom stereocenters. The van der Waals surface area contributed by atoms with Crippen LogP contribution in [0.3, 0.4) is 0 Å². The van der Waals surface area contributed by atoms with Crippen LogP contribution in [0.1, 0.15) is 44.5 Å². The van der Waals surface area contributed by atoms with E-state index >= 15 is 0 Å². The fraction of sp³-hybridized carbons (Fsp3) is 0.0400. The quantitative estimate of drug-likeness (QED) is 0.164. The molecule has 0 nitrogen and oxygen atoms in total. The maximum absolute atomic E-state index is 3.93. The summed E-state index contributed by atoms with van der Waals surface area (Å²) in [5, 5.41) is 0. The van der Waals surface area contributed by atoms with Gasteiger partial charge in [-0.3, -0.25) is 0 Å². The van der Waals surface area contributed by atoms with E-state index in [1.54, 1.807) is 0 Å². The Hall–Kier alpha value is -5.28. The van der Waals surface area contributed by atoms with E-state index in [9.17, 15) is 0 Å². The molecule has 0 aromatic heterocycles. The van der Waals surface area contributed by atoms with Crippen LogP contribution in [-0.2, 0) is 5.41 Å². The fourth-order valence-corrected chi connectivity index (χ4v) is 10.2. The molecular weight excluding hydrogens is 760 g/mol. The molecule has 0 N–H and O–H groups in total. The zero-order valence-corrected chi connectivity index (χ0v) is 31.4. The van der Waals surface area contributed by atoms with Crippen LogP contribution in [0.4, 0.5) is 0 Å². The van der Waals surface area contributed by atoms with E-state index in [1.807, 2.05) is 0 Å². The molecule has 5 aliphatic carbocycles. The molecule has 0 saturated heterocycles. The van der Waals surface area contributed by atoms with E-state index in [1.165, 1.54) is 82.4 Å². The first kappa shape index (κ1) is 31.5. The standard InChI is InChI=1S/C25H15Br.C25H17Br/c26-24-12-11-21-19-9-4-2-7-17(19)15-23(21)25(24)13-5-10-20-18-8-3-1-6-16(18)14-22(20)25;26-20-15-16-22-21-13-7-8-14-23(21)25(24(22)17-20,18-9-3-1-4-10-18)19-11-5-2-6-12-19/h1-15H;1-17H. The SMILES string of the molecule is BrC1=CC=C2C(=Cc3ccccc32)C12C=CC=C1C2=Cc2ccccc21.Brc1ccc2c(c1)C(c1ccccc1)(c1ccccc1)c1ccccc1-2. The fourth-order valence-electron chi connectivity index (χ4n) is 9.16. The van der Waals surface area contributed by atoms with Crippen molar-refractivity contribution in [3.63, 3.8) is 0 Å². The number of halogens is 2. The number of hydrogen-bond donors (Lipinski definition) is 0. The zero-order chi connectivity index (χ0) is 34.9. The average molecular weight is 793 g/mol. The molecule has 0 fully saturated rings. The van der Waals surface area contributed by atoms with Crippen molar-refractivity contribution < 1.29 is 0 Å². The van der Waals surface area contributed by atoms with Gasteiger partial charge in [-0.25, -0.2) is 0 Å². The summed E-state index contributed by atoms with van der Waals surface area (Å²) in [6, 6.07) is 54.6. The predicted octanol–water partition coefficient (Wildman–Crippen LogP) is 13.6. The van der Waals surface area contributed by atoms with E-state index in [4.69, 9.17) is 0 Å². The molecule has 5 aliphatic rings. The van der Waals surface area contributed by atoms with Crippen molar-refractivity contribution in [2.45, 2.75) is 5.41 Å². The number of rotatable bonds is 2. The summed E-state index contributed by atoms with van der Waals surface area (Å²) in [6.07, 6.45) is 16.0. The first-order valence-electron chi connectivity index (χ1n) is 17.7. The van der Waals surface area contributed by atoms with Gasteiger partial charge in [0.25, 0.3) is 0 Å². The monoisotopic (exact) mass is 790 g/mol.